The minimum Gasteiger partial charge on any atom is -0.348 e. The molecule has 0 spiro atoms. The molecule has 0 radical (unpaired) electrons. The van der Waals surface area contributed by atoms with Crippen LogP contribution in [-0.4, -0.2) is 82.4 Å². The first-order valence-electron chi connectivity index (χ1n) is 9.13. The van der Waals surface area contributed by atoms with E-state index in [0.717, 1.165) is 38.3 Å². The summed E-state index contributed by atoms with van der Waals surface area (Å²) in [4.78, 5) is 35.0. The summed E-state index contributed by atoms with van der Waals surface area (Å²) in [5, 5.41) is 0. The number of aromatic nitrogens is 2. The van der Waals surface area contributed by atoms with Crippen molar-refractivity contribution in [2.75, 3.05) is 40.3 Å². The molecule has 0 N–H and O–H groups in total. The third kappa shape index (κ3) is 4.21. The predicted molar refractivity (Wildman–Crippen MR) is 94.9 cm³/mol. The van der Waals surface area contributed by atoms with Gasteiger partial charge in [0.15, 0.2) is 0 Å². The second kappa shape index (κ2) is 7.56. The van der Waals surface area contributed by atoms with Gasteiger partial charge in [-0.2, -0.15) is 0 Å². The van der Waals surface area contributed by atoms with E-state index in [1.54, 1.807) is 25.2 Å². The zero-order valence-electron chi connectivity index (χ0n) is 15.5. The number of piperidine rings is 1. The summed E-state index contributed by atoms with van der Waals surface area (Å²) in [5.74, 6) is 1.78. The third-order valence-corrected chi connectivity index (χ3v) is 5.46. The number of aryl methyl sites for hydroxylation is 2. The molecule has 4 rings (SSSR count). The van der Waals surface area contributed by atoms with E-state index >= 15 is 0 Å². The quantitative estimate of drug-likeness (QED) is 0.782. The molecular weight excluding hydrogens is 318 g/mol. The Kier molecular flexibility index (Phi) is 5.42. The van der Waals surface area contributed by atoms with E-state index < -0.39 is 0 Å². The summed E-state index contributed by atoms with van der Waals surface area (Å²) < 4.78 is 2.02. The number of imidazole rings is 1. The van der Waals surface area contributed by atoms with Crippen LogP contribution in [0, 0.1) is 12.8 Å². The number of hydrogen-bond donors (Lipinski definition) is 0. The summed E-state index contributed by atoms with van der Waals surface area (Å²) in [6.45, 7) is 5.65. The zero-order valence-corrected chi connectivity index (χ0v) is 15.5. The number of likely N-dealkylation sites (N-methyl/N-ethyl adjacent to an activating group) is 1. The van der Waals surface area contributed by atoms with Crippen molar-refractivity contribution in [2.45, 2.75) is 38.8 Å². The fourth-order valence-electron chi connectivity index (χ4n) is 3.95. The van der Waals surface area contributed by atoms with E-state index in [1.807, 2.05) is 17.7 Å². The molecule has 0 aromatic carbocycles. The standard InChI is InChI=1S/C18H29N5O2/c1-14-19-7-9-22(14)8-6-17(24)23-11-15-4-5-16(23)12-21(10-15)13-18(25)20(2)3/h7,9,15-16H,4-6,8,10-13H2,1-3H3/t15-,16+/m1/s1. The van der Waals surface area contributed by atoms with Gasteiger partial charge in [-0.15, -0.1) is 0 Å². The van der Waals surface area contributed by atoms with Crippen LogP contribution < -0.4 is 0 Å². The maximum Gasteiger partial charge on any atom is 0.236 e. The topological polar surface area (TPSA) is 61.7 Å². The van der Waals surface area contributed by atoms with Crippen molar-refractivity contribution in [1.29, 1.82) is 0 Å². The number of amides is 2. The van der Waals surface area contributed by atoms with Gasteiger partial charge >= 0.3 is 0 Å². The van der Waals surface area contributed by atoms with E-state index in [2.05, 4.69) is 14.8 Å². The first kappa shape index (κ1) is 17.9. The normalized spacial score (nSPS) is 23.6. The molecule has 25 heavy (non-hydrogen) atoms. The van der Waals surface area contributed by atoms with Gasteiger partial charge in [0.1, 0.15) is 5.82 Å². The molecule has 0 unspecified atom stereocenters. The number of hydrogen-bond acceptors (Lipinski definition) is 4. The van der Waals surface area contributed by atoms with Gasteiger partial charge < -0.3 is 14.4 Å². The van der Waals surface area contributed by atoms with Gasteiger partial charge in [0.25, 0.3) is 0 Å². The van der Waals surface area contributed by atoms with Crippen molar-refractivity contribution in [3.63, 3.8) is 0 Å². The maximum atomic E-state index is 12.8. The van der Waals surface area contributed by atoms with Crippen LogP contribution in [0.1, 0.15) is 25.1 Å². The molecule has 7 nitrogen and oxygen atoms in total. The fraction of sp³-hybridized carbons (Fsp3) is 0.722. The minimum atomic E-state index is 0.134. The van der Waals surface area contributed by atoms with Crippen molar-refractivity contribution in [1.82, 2.24) is 24.3 Å². The van der Waals surface area contributed by atoms with Crippen LogP contribution in [0.5, 0.6) is 0 Å². The fourth-order valence-corrected chi connectivity index (χ4v) is 3.95. The summed E-state index contributed by atoms with van der Waals surface area (Å²) in [7, 11) is 3.59. The zero-order chi connectivity index (χ0) is 18.0. The van der Waals surface area contributed by atoms with Gasteiger partial charge in [0.05, 0.1) is 6.54 Å². The predicted octanol–water partition coefficient (Wildman–Crippen LogP) is 0.593. The Hall–Kier alpha value is -1.89. The van der Waals surface area contributed by atoms with Crippen LogP contribution in [0.25, 0.3) is 0 Å². The first-order chi connectivity index (χ1) is 11.9. The molecule has 1 aromatic rings. The summed E-state index contributed by atoms with van der Waals surface area (Å²) >= 11 is 0. The lowest BCUT2D eigenvalue weighted by molar-refractivity contribution is -0.135. The summed E-state index contributed by atoms with van der Waals surface area (Å²) in [6, 6.07) is 0.241. The molecule has 0 aliphatic carbocycles. The van der Waals surface area contributed by atoms with Crippen LogP contribution in [0.4, 0.5) is 0 Å². The third-order valence-electron chi connectivity index (χ3n) is 5.46. The van der Waals surface area contributed by atoms with Crippen LogP contribution in [0.2, 0.25) is 0 Å². The summed E-state index contributed by atoms with van der Waals surface area (Å²) in [6.07, 6.45) is 6.41. The molecule has 7 heteroatoms. The van der Waals surface area contributed by atoms with Crippen LogP contribution in [-0.2, 0) is 16.1 Å². The molecule has 3 saturated heterocycles. The van der Waals surface area contributed by atoms with E-state index in [1.165, 1.54) is 0 Å². The Morgan fingerprint density at radius 2 is 2.04 bits per heavy atom. The maximum absolute atomic E-state index is 12.8. The van der Waals surface area contributed by atoms with Gasteiger partial charge in [0, 0.05) is 65.1 Å². The second-order valence-electron chi connectivity index (χ2n) is 7.54. The van der Waals surface area contributed by atoms with Gasteiger partial charge in [-0.25, -0.2) is 4.98 Å². The van der Waals surface area contributed by atoms with Gasteiger partial charge in [-0.3, -0.25) is 14.5 Å². The molecule has 3 fully saturated rings. The van der Waals surface area contributed by atoms with Gasteiger partial charge in [-0.1, -0.05) is 0 Å². The number of rotatable bonds is 5. The van der Waals surface area contributed by atoms with Gasteiger partial charge in [0.2, 0.25) is 11.8 Å². The highest BCUT2D eigenvalue weighted by Gasteiger charge is 2.37. The van der Waals surface area contributed by atoms with E-state index in [0.29, 0.717) is 25.4 Å². The van der Waals surface area contributed by atoms with Crippen molar-refractivity contribution in [3.05, 3.63) is 18.2 Å². The smallest absolute Gasteiger partial charge is 0.236 e. The lowest BCUT2D eigenvalue weighted by Gasteiger charge is -2.36. The monoisotopic (exact) mass is 347 g/mol. The van der Waals surface area contributed by atoms with Crippen molar-refractivity contribution >= 4 is 11.8 Å². The van der Waals surface area contributed by atoms with E-state index in [9.17, 15) is 9.59 Å². The van der Waals surface area contributed by atoms with Gasteiger partial charge in [-0.05, 0) is 25.7 Å². The Morgan fingerprint density at radius 1 is 1.24 bits per heavy atom. The largest absolute Gasteiger partial charge is 0.348 e. The molecule has 138 valence electrons. The molecule has 2 atom stereocenters. The molecular formula is C18H29N5O2. The molecule has 1 aromatic heterocycles. The van der Waals surface area contributed by atoms with Crippen LogP contribution in [0.3, 0.4) is 0 Å². The van der Waals surface area contributed by atoms with Crippen molar-refractivity contribution in [3.8, 4) is 0 Å². The molecule has 0 saturated carbocycles. The Morgan fingerprint density at radius 3 is 2.72 bits per heavy atom. The first-order valence-corrected chi connectivity index (χ1v) is 9.13. The SMILES string of the molecule is Cc1nccn1CCC(=O)N1C[C@@H]2CC[C@H]1CN(CC(=O)N(C)C)C2. The highest BCUT2D eigenvalue weighted by molar-refractivity contribution is 5.78. The average Bonchev–Trinajstić information content (AvgIpc) is 2.79. The number of nitrogens with zero attached hydrogens (tertiary/aromatic N) is 5. The minimum absolute atomic E-state index is 0.134. The second-order valence-corrected chi connectivity index (χ2v) is 7.54. The van der Waals surface area contributed by atoms with E-state index in [-0.39, 0.29) is 17.9 Å². The Balaban J connectivity index is 1.59. The number of fused-ring (bicyclic) bond motifs is 4. The molecule has 4 heterocycles. The van der Waals surface area contributed by atoms with Crippen molar-refractivity contribution < 1.29 is 9.59 Å². The number of carbonyl (C=O) groups is 2. The Labute approximate surface area is 149 Å². The highest BCUT2D eigenvalue weighted by Crippen LogP contribution is 2.28. The highest BCUT2D eigenvalue weighted by atomic mass is 16.2. The van der Waals surface area contributed by atoms with Crippen LogP contribution >= 0.6 is 0 Å². The summed E-state index contributed by atoms with van der Waals surface area (Å²) in [5.41, 5.74) is 0. The average molecular weight is 347 g/mol. The van der Waals surface area contributed by atoms with Crippen LogP contribution in [0.15, 0.2) is 12.4 Å². The molecule has 2 bridgehead atoms. The lowest BCUT2D eigenvalue weighted by Crippen LogP contribution is -2.48. The van der Waals surface area contributed by atoms with E-state index in [4.69, 9.17) is 0 Å². The number of carbonyl (C=O) groups excluding carboxylic acids is 2. The van der Waals surface area contributed by atoms with Crippen molar-refractivity contribution in [2.24, 2.45) is 5.92 Å². The lowest BCUT2D eigenvalue weighted by atomic mass is 9.94. The molecule has 3 aliphatic rings. The molecule has 3 aliphatic heterocycles. The Bertz CT molecular complexity index is 627. The molecule has 2 amide bonds.